The summed E-state index contributed by atoms with van der Waals surface area (Å²) in [6.07, 6.45) is -7.13. The monoisotopic (exact) mass is 771 g/mol. The van der Waals surface area contributed by atoms with E-state index in [1.54, 1.807) is 24.3 Å². The second kappa shape index (κ2) is 20.3. The van der Waals surface area contributed by atoms with Crippen molar-refractivity contribution in [2.75, 3.05) is 26.9 Å². The molecule has 56 heavy (non-hydrogen) atoms. The molecule has 0 saturated carbocycles. The van der Waals surface area contributed by atoms with Gasteiger partial charge in [0.2, 0.25) is 0 Å². The number of esters is 1. The van der Waals surface area contributed by atoms with Gasteiger partial charge in [0.15, 0.2) is 5.78 Å². The third-order valence-corrected chi connectivity index (χ3v) is 9.53. The van der Waals surface area contributed by atoms with E-state index in [9.17, 15) is 27.6 Å². The first-order chi connectivity index (χ1) is 27.0. The standard InChI is InChI=1S/C43H44F3N3O7/c1-53-42(52)49-41(40(31-11-4-2-5-12-31)32-13-6-3-7-14-32)37(50)24-33-15-9-8-10-30(33)18-21-35-26-48-36(27-55-39(51)22-23-43(44,45)46)38(56-35)28-54-34-19-16-29(25-47)17-20-34/h2-17,19-20,35-36,38,40-41,48H,18,21-24,26-28H2,1H3,(H,49,52)/t35-,36-,38-,41-/m1/s1. The summed E-state index contributed by atoms with van der Waals surface area (Å²) in [4.78, 5) is 39.0. The lowest BCUT2D eigenvalue weighted by molar-refractivity contribution is -0.160. The number of methoxy groups -OCH3 is 1. The highest BCUT2D eigenvalue weighted by atomic mass is 19.4. The van der Waals surface area contributed by atoms with Gasteiger partial charge in [-0.3, -0.25) is 9.59 Å². The number of alkyl halides is 3. The number of alkyl carbamates (subject to hydrolysis) is 1. The number of Topliss-reactive ketones (excluding diaryl/α,β-unsaturated/α-hetero) is 1. The minimum atomic E-state index is -4.48. The summed E-state index contributed by atoms with van der Waals surface area (Å²) in [7, 11) is 1.26. The molecular formula is C43H44F3N3O7. The number of hydrogen-bond donors (Lipinski definition) is 2. The number of nitrogens with zero attached hydrogens (tertiary/aromatic N) is 1. The Kier molecular flexibility index (Phi) is 15.0. The zero-order chi connectivity index (χ0) is 39.9. The van der Waals surface area contributed by atoms with Crippen LogP contribution in [-0.4, -0.2) is 75.2 Å². The van der Waals surface area contributed by atoms with Crippen molar-refractivity contribution >= 4 is 17.8 Å². The van der Waals surface area contributed by atoms with E-state index in [1.807, 2.05) is 91.0 Å². The van der Waals surface area contributed by atoms with Crippen molar-refractivity contribution in [2.24, 2.45) is 0 Å². The molecule has 2 N–H and O–H groups in total. The van der Waals surface area contributed by atoms with Crippen LogP contribution in [0.5, 0.6) is 5.75 Å². The molecule has 294 valence electrons. The van der Waals surface area contributed by atoms with Crippen molar-refractivity contribution in [3.8, 4) is 11.8 Å². The fraction of sp³-hybridized carbons (Fsp3) is 0.349. The van der Waals surface area contributed by atoms with Gasteiger partial charge < -0.3 is 29.6 Å². The van der Waals surface area contributed by atoms with Crippen LogP contribution in [0.4, 0.5) is 18.0 Å². The van der Waals surface area contributed by atoms with Gasteiger partial charge in [0.1, 0.15) is 31.1 Å². The fourth-order valence-electron chi connectivity index (χ4n) is 6.62. The van der Waals surface area contributed by atoms with Gasteiger partial charge in [-0.15, -0.1) is 0 Å². The molecule has 0 aromatic heterocycles. The van der Waals surface area contributed by atoms with Gasteiger partial charge in [0.25, 0.3) is 0 Å². The van der Waals surface area contributed by atoms with Gasteiger partial charge in [-0.25, -0.2) is 4.79 Å². The van der Waals surface area contributed by atoms with Crippen LogP contribution in [0.25, 0.3) is 0 Å². The molecule has 1 heterocycles. The van der Waals surface area contributed by atoms with Crippen LogP contribution in [0.1, 0.15) is 53.0 Å². The molecule has 0 unspecified atom stereocenters. The van der Waals surface area contributed by atoms with Gasteiger partial charge >= 0.3 is 18.2 Å². The summed E-state index contributed by atoms with van der Waals surface area (Å²) in [6, 6.07) is 33.7. The fourth-order valence-corrected chi connectivity index (χ4v) is 6.62. The Bertz CT molecular complexity index is 1880. The summed E-state index contributed by atoms with van der Waals surface area (Å²) in [5, 5.41) is 15.2. The molecule has 0 radical (unpaired) electrons. The molecule has 1 aliphatic rings. The number of ether oxygens (including phenoxy) is 4. The van der Waals surface area contributed by atoms with E-state index < -0.39 is 55.2 Å². The number of nitriles is 1. The van der Waals surface area contributed by atoms with Gasteiger partial charge in [-0.2, -0.15) is 18.4 Å². The first-order valence-corrected chi connectivity index (χ1v) is 18.3. The lowest BCUT2D eigenvalue weighted by atomic mass is 9.81. The van der Waals surface area contributed by atoms with E-state index in [0.29, 0.717) is 30.7 Å². The average molecular weight is 772 g/mol. The molecular weight excluding hydrogens is 727 g/mol. The van der Waals surface area contributed by atoms with E-state index in [-0.39, 0.29) is 31.5 Å². The molecule has 4 aromatic carbocycles. The molecule has 4 atom stereocenters. The minimum Gasteiger partial charge on any atom is -0.491 e. The Balaban J connectivity index is 1.28. The number of carbonyl (C=O) groups is 3. The number of nitrogens with one attached hydrogen (secondary N) is 2. The third-order valence-electron chi connectivity index (χ3n) is 9.53. The molecule has 0 bridgehead atoms. The number of benzene rings is 4. The van der Waals surface area contributed by atoms with E-state index in [0.717, 1.165) is 22.3 Å². The average Bonchev–Trinajstić information content (AvgIpc) is 3.21. The highest BCUT2D eigenvalue weighted by molar-refractivity contribution is 5.91. The lowest BCUT2D eigenvalue weighted by Crippen LogP contribution is -2.56. The number of halogens is 3. The van der Waals surface area contributed by atoms with E-state index in [2.05, 4.69) is 10.6 Å². The van der Waals surface area contributed by atoms with Crippen LogP contribution in [0, 0.1) is 11.3 Å². The second-order valence-corrected chi connectivity index (χ2v) is 13.4. The number of hydrogen-bond acceptors (Lipinski definition) is 9. The number of rotatable bonds is 17. The number of morpholine rings is 1. The van der Waals surface area contributed by atoms with E-state index in [4.69, 9.17) is 24.2 Å². The molecule has 4 aromatic rings. The zero-order valence-electron chi connectivity index (χ0n) is 30.9. The van der Waals surface area contributed by atoms with Crippen molar-refractivity contribution in [1.82, 2.24) is 10.6 Å². The number of carbonyl (C=O) groups excluding carboxylic acids is 3. The van der Waals surface area contributed by atoms with Gasteiger partial charge in [0, 0.05) is 18.9 Å². The van der Waals surface area contributed by atoms with Crippen molar-refractivity contribution in [2.45, 2.75) is 68.5 Å². The topological polar surface area (TPSA) is 136 Å². The summed E-state index contributed by atoms with van der Waals surface area (Å²) in [5.41, 5.74) is 3.89. The molecule has 5 rings (SSSR count). The summed E-state index contributed by atoms with van der Waals surface area (Å²) < 4.78 is 60.5. The smallest absolute Gasteiger partial charge is 0.407 e. The molecule has 0 aliphatic carbocycles. The van der Waals surface area contributed by atoms with Crippen LogP contribution < -0.4 is 15.4 Å². The molecule has 1 amide bonds. The molecule has 1 fully saturated rings. The van der Waals surface area contributed by atoms with Crippen LogP contribution in [-0.2, 0) is 36.6 Å². The Morgan fingerprint density at radius 2 is 1.52 bits per heavy atom. The molecule has 1 aliphatic heterocycles. The van der Waals surface area contributed by atoms with Crippen molar-refractivity contribution in [3.05, 3.63) is 137 Å². The maximum absolute atomic E-state index is 14.3. The Labute approximate surface area is 323 Å². The quantitative estimate of drug-likeness (QED) is 0.111. The summed E-state index contributed by atoms with van der Waals surface area (Å²) in [6.45, 7) is 0.174. The maximum atomic E-state index is 14.3. The number of amides is 1. The summed E-state index contributed by atoms with van der Waals surface area (Å²) >= 11 is 0. The van der Waals surface area contributed by atoms with Crippen LogP contribution in [0.2, 0.25) is 0 Å². The Morgan fingerprint density at radius 3 is 2.12 bits per heavy atom. The minimum absolute atomic E-state index is 0.0316. The highest BCUT2D eigenvalue weighted by Crippen LogP contribution is 2.30. The Morgan fingerprint density at radius 1 is 0.893 bits per heavy atom. The predicted molar refractivity (Wildman–Crippen MR) is 201 cm³/mol. The second-order valence-electron chi connectivity index (χ2n) is 13.4. The predicted octanol–water partition coefficient (Wildman–Crippen LogP) is 6.85. The number of ketones is 1. The van der Waals surface area contributed by atoms with Gasteiger partial charge in [-0.05, 0) is 59.4 Å². The molecule has 13 heteroatoms. The summed E-state index contributed by atoms with van der Waals surface area (Å²) in [5.74, 6) is -1.18. The Hall–Kier alpha value is -5.71. The van der Waals surface area contributed by atoms with Crippen molar-refractivity contribution < 1.29 is 46.5 Å². The van der Waals surface area contributed by atoms with Crippen LogP contribution in [0.3, 0.4) is 0 Å². The molecule has 1 saturated heterocycles. The van der Waals surface area contributed by atoms with Crippen LogP contribution in [0.15, 0.2) is 109 Å². The SMILES string of the molecule is COC(=O)N[C@H](C(=O)Cc1ccccc1CC[C@@H]1CN[C@H](COC(=O)CCC(F)(F)F)[C@@H](COc2ccc(C#N)cc2)O1)C(c1ccccc1)c1ccccc1. The van der Waals surface area contributed by atoms with Crippen LogP contribution >= 0.6 is 0 Å². The first-order valence-electron chi connectivity index (χ1n) is 18.3. The first kappa shape index (κ1) is 41.5. The van der Waals surface area contributed by atoms with E-state index >= 15 is 0 Å². The van der Waals surface area contributed by atoms with Crippen molar-refractivity contribution in [1.29, 1.82) is 5.26 Å². The largest absolute Gasteiger partial charge is 0.491 e. The zero-order valence-corrected chi connectivity index (χ0v) is 30.9. The highest BCUT2D eigenvalue weighted by Gasteiger charge is 2.35. The number of aryl methyl sites for hydroxylation is 1. The third kappa shape index (κ3) is 12.4. The normalized spacial score (nSPS) is 17.3. The van der Waals surface area contributed by atoms with E-state index in [1.165, 1.54) is 7.11 Å². The molecule has 10 nitrogen and oxygen atoms in total. The van der Waals surface area contributed by atoms with Crippen molar-refractivity contribution in [3.63, 3.8) is 0 Å². The maximum Gasteiger partial charge on any atom is 0.407 e. The van der Waals surface area contributed by atoms with Gasteiger partial charge in [-0.1, -0.05) is 84.9 Å². The lowest BCUT2D eigenvalue weighted by Gasteiger charge is -2.37. The van der Waals surface area contributed by atoms with Gasteiger partial charge in [0.05, 0.1) is 43.7 Å². The molecule has 0 spiro atoms.